The number of benzene rings is 2. The van der Waals surface area contributed by atoms with Gasteiger partial charge in [-0.25, -0.2) is 14.0 Å². The molecular weight excluding hydrogens is 425 g/mol. The Labute approximate surface area is 184 Å². The lowest BCUT2D eigenvalue weighted by Gasteiger charge is -2.23. The summed E-state index contributed by atoms with van der Waals surface area (Å²) in [6.45, 7) is -0.868. The standard InChI is InChI=1S/C22H24FNO8/c1-28-24-12-18(23)20(32-22(27)30-14-17-10-6-3-7-11-17)19(25)15-31-21(26)29-13-16-8-4-2-5-9-16/h2-12,18-20,25H,13-15H2,1H3/b24-12-/t18-,19-,20+/m1/s1. The van der Waals surface area contributed by atoms with Crippen LogP contribution < -0.4 is 0 Å². The number of hydrogen-bond donors (Lipinski definition) is 1. The molecule has 0 saturated heterocycles. The van der Waals surface area contributed by atoms with E-state index in [4.69, 9.17) is 18.9 Å². The van der Waals surface area contributed by atoms with Crippen LogP contribution in [0.3, 0.4) is 0 Å². The normalized spacial score (nSPS) is 13.6. The number of aliphatic hydroxyl groups excluding tert-OH is 1. The van der Waals surface area contributed by atoms with Crippen LogP contribution in [0.5, 0.6) is 0 Å². The zero-order valence-electron chi connectivity index (χ0n) is 17.3. The van der Waals surface area contributed by atoms with Crippen molar-refractivity contribution in [2.75, 3.05) is 13.7 Å². The van der Waals surface area contributed by atoms with Gasteiger partial charge in [-0.2, -0.15) is 0 Å². The summed E-state index contributed by atoms with van der Waals surface area (Å²) in [6.07, 6.45) is -7.21. The number of carbonyl (C=O) groups excluding carboxylic acids is 2. The molecule has 0 fully saturated rings. The summed E-state index contributed by atoms with van der Waals surface area (Å²) in [7, 11) is 1.19. The van der Waals surface area contributed by atoms with Crippen LogP contribution in [0.2, 0.25) is 0 Å². The molecule has 172 valence electrons. The van der Waals surface area contributed by atoms with Gasteiger partial charge < -0.3 is 28.9 Å². The van der Waals surface area contributed by atoms with Gasteiger partial charge in [-0.1, -0.05) is 65.8 Å². The second-order valence-corrected chi connectivity index (χ2v) is 6.39. The first kappa shape index (κ1) is 24.6. The lowest BCUT2D eigenvalue weighted by atomic mass is 10.1. The second-order valence-electron chi connectivity index (χ2n) is 6.39. The predicted molar refractivity (Wildman–Crippen MR) is 110 cm³/mol. The van der Waals surface area contributed by atoms with Crippen molar-refractivity contribution in [2.45, 2.75) is 31.6 Å². The SMILES string of the molecule is CO/N=C\[C@@H](F)[C@H](OC(=O)OCc1ccccc1)[C@H](O)COC(=O)OCc1ccccc1. The molecule has 0 aliphatic heterocycles. The highest BCUT2D eigenvalue weighted by Crippen LogP contribution is 2.12. The molecule has 3 atom stereocenters. The summed E-state index contributed by atoms with van der Waals surface area (Å²) in [6, 6.07) is 17.6. The Morgan fingerprint density at radius 3 is 2.00 bits per heavy atom. The molecular formula is C22H24FNO8. The molecule has 2 aromatic carbocycles. The Kier molecular flexibility index (Phi) is 10.5. The van der Waals surface area contributed by atoms with Gasteiger partial charge in [0.05, 0.1) is 6.21 Å². The van der Waals surface area contributed by atoms with E-state index in [1.807, 2.05) is 6.07 Å². The van der Waals surface area contributed by atoms with Crippen molar-refractivity contribution >= 4 is 18.5 Å². The van der Waals surface area contributed by atoms with Crippen LogP contribution in [0.1, 0.15) is 11.1 Å². The molecule has 2 rings (SSSR count). The minimum absolute atomic E-state index is 0.0479. The maximum atomic E-state index is 14.4. The van der Waals surface area contributed by atoms with Gasteiger partial charge in [0, 0.05) is 0 Å². The Hall–Kier alpha value is -3.66. The number of hydrogen-bond acceptors (Lipinski definition) is 9. The molecule has 0 saturated carbocycles. The molecule has 1 N–H and O–H groups in total. The molecule has 0 amide bonds. The number of alkyl halides is 1. The molecule has 0 aliphatic carbocycles. The topological polar surface area (TPSA) is 113 Å². The van der Waals surface area contributed by atoms with Crippen molar-refractivity contribution in [2.24, 2.45) is 5.16 Å². The number of aliphatic hydroxyl groups is 1. The van der Waals surface area contributed by atoms with E-state index in [1.54, 1.807) is 54.6 Å². The third-order valence-electron chi connectivity index (χ3n) is 4.01. The molecule has 0 spiro atoms. The van der Waals surface area contributed by atoms with Crippen molar-refractivity contribution in [3.8, 4) is 0 Å². The van der Waals surface area contributed by atoms with E-state index < -0.39 is 37.3 Å². The monoisotopic (exact) mass is 449 g/mol. The number of nitrogens with zero attached hydrogens (tertiary/aromatic N) is 1. The van der Waals surface area contributed by atoms with Gasteiger partial charge in [0.1, 0.15) is 33.0 Å². The predicted octanol–water partition coefficient (Wildman–Crippen LogP) is 3.39. The van der Waals surface area contributed by atoms with Gasteiger partial charge in [0.15, 0.2) is 12.3 Å². The maximum absolute atomic E-state index is 14.4. The van der Waals surface area contributed by atoms with Crippen molar-refractivity contribution in [1.29, 1.82) is 0 Å². The Balaban J connectivity index is 1.87. The molecule has 2 aromatic rings. The van der Waals surface area contributed by atoms with Gasteiger partial charge in [-0.05, 0) is 11.1 Å². The highest BCUT2D eigenvalue weighted by Gasteiger charge is 2.33. The smallest absolute Gasteiger partial charge is 0.431 e. The van der Waals surface area contributed by atoms with Gasteiger partial charge in [0.25, 0.3) is 0 Å². The number of rotatable bonds is 11. The molecule has 32 heavy (non-hydrogen) atoms. The quantitative estimate of drug-likeness (QED) is 0.316. The maximum Gasteiger partial charge on any atom is 0.509 e. The Morgan fingerprint density at radius 2 is 1.47 bits per heavy atom. The van der Waals surface area contributed by atoms with Crippen molar-refractivity contribution < 1.29 is 42.9 Å². The van der Waals surface area contributed by atoms with Crippen LogP contribution in [-0.4, -0.2) is 55.7 Å². The molecule has 9 nitrogen and oxygen atoms in total. The fraction of sp³-hybridized carbons (Fsp3) is 0.318. The van der Waals surface area contributed by atoms with E-state index in [9.17, 15) is 19.1 Å². The third-order valence-corrected chi connectivity index (χ3v) is 4.01. The van der Waals surface area contributed by atoms with Crippen LogP contribution in [-0.2, 0) is 37.0 Å². The highest BCUT2D eigenvalue weighted by atomic mass is 19.1. The number of oxime groups is 1. The lowest BCUT2D eigenvalue weighted by molar-refractivity contribution is -0.0754. The average molecular weight is 449 g/mol. The van der Waals surface area contributed by atoms with Gasteiger partial charge in [-0.3, -0.25) is 0 Å². The van der Waals surface area contributed by atoms with Gasteiger partial charge >= 0.3 is 12.3 Å². The zero-order valence-corrected chi connectivity index (χ0v) is 17.3. The van der Waals surface area contributed by atoms with Crippen LogP contribution in [0.15, 0.2) is 65.8 Å². The number of halogens is 1. The molecule has 0 radical (unpaired) electrons. The van der Waals surface area contributed by atoms with E-state index in [1.165, 1.54) is 7.11 Å². The fourth-order valence-electron chi connectivity index (χ4n) is 2.43. The highest BCUT2D eigenvalue weighted by molar-refractivity contribution is 5.65. The summed E-state index contributed by atoms with van der Waals surface area (Å²) >= 11 is 0. The fourth-order valence-corrected chi connectivity index (χ4v) is 2.43. The van der Waals surface area contributed by atoms with Crippen molar-refractivity contribution in [3.63, 3.8) is 0 Å². The lowest BCUT2D eigenvalue weighted by Crippen LogP contribution is -2.43. The van der Waals surface area contributed by atoms with E-state index in [0.29, 0.717) is 11.8 Å². The average Bonchev–Trinajstić information content (AvgIpc) is 2.83. The first-order valence-electron chi connectivity index (χ1n) is 9.59. The molecule has 10 heteroatoms. The second kappa shape index (κ2) is 13.6. The zero-order chi connectivity index (χ0) is 23.2. The summed E-state index contributed by atoms with van der Waals surface area (Å²) < 4.78 is 33.9. The van der Waals surface area contributed by atoms with Crippen LogP contribution in [0.25, 0.3) is 0 Å². The van der Waals surface area contributed by atoms with Crippen LogP contribution in [0.4, 0.5) is 14.0 Å². The first-order chi connectivity index (χ1) is 15.5. The van der Waals surface area contributed by atoms with Gasteiger partial charge in [0.2, 0.25) is 0 Å². The first-order valence-corrected chi connectivity index (χ1v) is 9.59. The molecule has 0 aromatic heterocycles. The molecule has 0 aliphatic rings. The van der Waals surface area contributed by atoms with E-state index in [2.05, 4.69) is 9.99 Å². The van der Waals surface area contributed by atoms with Gasteiger partial charge in [-0.15, -0.1) is 0 Å². The summed E-state index contributed by atoms with van der Waals surface area (Å²) in [4.78, 5) is 28.1. The molecule has 0 bridgehead atoms. The summed E-state index contributed by atoms with van der Waals surface area (Å²) in [5.41, 5.74) is 1.41. The largest absolute Gasteiger partial charge is 0.509 e. The third kappa shape index (κ3) is 9.00. The minimum Gasteiger partial charge on any atom is -0.431 e. The number of ether oxygens (including phenoxy) is 4. The van der Waals surface area contributed by atoms with E-state index >= 15 is 0 Å². The van der Waals surface area contributed by atoms with Crippen LogP contribution in [0, 0.1) is 0 Å². The molecule has 0 heterocycles. The summed E-state index contributed by atoms with van der Waals surface area (Å²) in [5, 5.41) is 13.5. The minimum atomic E-state index is -2.07. The van der Waals surface area contributed by atoms with Crippen molar-refractivity contribution in [3.05, 3.63) is 71.8 Å². The Bertz CT molecular complexity index is 850. The van der Waals surface area contributed by atoms with E-state index in [-0.39, 0.29) is 13.2 Å². The molecule has 0 unspecified atom stereocenters. The van der Waals surface area contributed by atoms with Crippen LogP contribution >= 0.6 is 0 Å². The van der Waals surface area contributed by atoms with Crippen molar-refractivity contribution in [1.82, 2.24) is 0 Å². The summed E-state index contributed by atoms with van der Waals surface area (Å²) in [5.74, 6) is 0. The number of carbonyl (C=O) groups is 2. The van der Waals surface area contributed by atoms with E-state index in [0.717, 1.165) is 5.56 Å². The Morgan fingerprint density at radius 1 is 0.938 bits per heavy atom.